The van der Waals surface area contributed by atoms with Crippen LogP contribution in [0, 0.1) is 17.5 Å². The maximum atomic E-state index is 13.9. The lowest BCUT2D eigenvalue weighted by Crippen LogP contribution is -2.29. The van der Waals surface area contributed by atoms with Crippen LogP contribution in [0.4, 0.5) is 13.2 Å². The number of hydrogen-bond acceptors (Lipinski definition) is 1. The van der Waals surface area contributed by atoms with E-state index in [9.17, 15) is 18.3 Å². The van der Waals surface area contributed by atoms with Gasteiger partial charge in [0.25, 0.3) is 0 Å². The number of hydrogen-bond donors (Lipinski definition) is 1. The lowest BCUT2D eigenvalue weighted by Gasteiger charge is -2.28. The molecule has 0 saturated heterocycles. The second-order valence-electron chi connectivity index (χ2n) is 4.77. The van der Waals surface area contributed by atoms with Gasteiger partial charge < -0.3 is 5.11 Å². The first-order valence-corrected chi connectivity index (χ1v) is 6.38. The molecule has 0 heterocycles. The van der Waals surface area contributed by atoms with E-state index in [0.717, 1.165) is 17.7 Å². The van der Waals surface area contributed by atoms with Gasteiger partial charge in [0.05, 0.1) is 5.60 Å². The van der Waals surface area contributed by atoms with E-state index >= 15 is 0 Å². The first-order chi connectivity index (χ1) is 9.48. The van der Waals surface area contributed by atoms with E-state index in [1.54, 1.807) is 31.2 Å². The minimum Gasteiger partial charge on any atom is -0.385 e. The number of rotatable bonds is 4. The first kappa shape index (κ1) is 14.6. The Balaban J connectivity index is 2.43. The van der Waals surface area contributed by atoms with Crippen molar-refractivity contribution in [3.05, 3.63) is 71.0 Å². The van der Waals surface area contributed by atoms with Gasteiger partial charge in [-0.2, -0.15) is 0 Å². The molecule has 0 amide bonds. The van der Waals surface area contributed by atoms with Crippen molar-refractivity contribution in [1.29, 1.82) is 0 Å². The molecule has 106 valence electrons. The molecule has 0 aliphatic carbocycles. The summed E-state index contributed by atoms with van der Waals surface area (Å²) < 4.78 is 40.2. The van der Waals surface area contributed by atoms with Gasteiger partial charge in [-0.3, -0.25) is 0 Å². The Morgan fingerprint density at radius 3 is 2.20 bits per heavy atom. The third-order valence-corrected chi connectivity index (χ3v) is 3.46. The Labute approximate surface area is 115 Å². The Kier molecular flexibility index (Phi) is 4.14. The van der Waals surface area contributed by atoms with Crippen LogP contribution in [-0.2, 0) is 12.0 Å². The molecule has 1 atom stereocenters. The van der Waals surface area contributed by atoms with Crippen LogP contribution in [0.3, 0.4) is 0 Å². The predicted octanol–water partition coefficient (Wildman–Crippen LogP) is 3.94. The summed E-state index contributed by atoms with van der Waals surface area (Å²) in [7, 11) is 0. The maximum Gasteiger partial charge on any atom is 0.194 e. The Morgan fingerprint density at radius 2 is 1.60 bits per heavy atom. The zero-order valence-corrected chi connectivity index (χ0v) is 11.0. The molecule has 2 aromatic carbocycles. The molecule has 0 aliphatic rings. The molecule has 0 bridgehead atoms. The zero-order valence-electron chi connectivity index (χ0n) is 11.0. The lowest BCUT2D eigenvalue weighted by molar-refractivity contribution is 0.0283. The highest BCUT2D eigenvalue weighted by molar-refractivity contribution is 5.29. The predicted molar refractivity (Wildman–Crippen MR) is 70.6 cm³/mol. The van der Waals surface area contributed by atoms with Gasteiger partial charge in [-0.15, -0.1) is 0 Å². The monoisotopic (exact) mass is 280 g/mol. The quantitative estimate of drug-likeness (QED) is 0.841. The molecule has 0 radical (unpaired) electrons. The van der Waals surface area contributed by atoms with E-state index in [1.165, 1.54) is 0 Å². The number of aliphatic hydroxyl groups is 1. The van der Waals surface area contributed by atoms with Gasteiger partial charge in [-0.25, -0.2) is 13.2 Å². The topological polar surface area (TPSA) is 20.2 Å². The highest BCUT2D eigenvalue weighted by atomic mass is 19.2. The number of benzene rings is 2. The Hall–Kier alpha value is -1.81. The van der Waals surface area contributed by atoms with Crippen LogP contribution in [0.2, 0.25) is 0 Å². The van der Waals surface area contributed by atoms with Gasteiger partial charge in [0.15, 0.2) is 17.5 Å². The lowest BCUT2D eigenvalue weighted by atomic mass is 9.84. The van der Waals surface area contributed by atoms with E-state index in [2.05, 4.69) is 0 Å². The largest absolute Gasteiger partial charge is 0.385 e. The summed E-state index contributed by atoms with van der Waals surface area (Å²) >= 11 is 0. The summed E-state index contributed by atoms with van der Waals surface area (Å²) in [6, 6.07) is 10.9. The fourth-order valence-corrected chi connectivity index (χ4v) is 2.23. The molecular formula is C16H15F3O. The molecule has 0 fully saturated rings. The fraction of sp³-hybridized carbons (Fsp3) is 0.250. The van der Waals surface area contributed by atoms with Crippen molar-refractivity contribution in [2.45, 2.75) is 25.4 Å². The molecular weight excluding hydrogens is 265 g/mol. The number of halogens is 3. The van der Waals surface area contributed by atoms with Crippen molar-refractivity contribution in [1.82, 2.24) is 0 Å². The standard InChI is InChI=1S/C16H15F3O/c1-2-16(20,10-11-6-4-3-5-7-11)12-8-9-13(17)15(19)14(12)18/h3-9,20H,2,10H2,1H3. The molecule has 2 aromatic rings. The van der Waals surface area contributed by atoms with Crippen LogP contribution in [0.15, 0.2) is 42.5 Å². The molecule has 1 nitrogen and oxygen atoms in total. The molecule has 0 aromatic heterocycles. The Bertz CT molecular complexity index is 598. The van der Waals surface area contributed by atoms with E-state index in [0.29, 0.717) is 0 Å². The first-order valence-electron chi connectivity index (χ1n) is 6.38. The summed E-state index contributed by atoms with van der Waals surface area (Å²) in [4.78, 5) is 0. The van der Waals surface area contributed by atoms with Gasteiger partial charge in [-0.05, 0) is 18.1 Å². The third kappa shape index (κ3) is 2.70. The molecule has 0 aliphatic heterocycles. The van der Waals surface area contributed by atoms with Gasteiger partial charge in [0.2, 0.25) is 0 Å². The normalized spacial score (nSPS) is 14.1. The van der Waals surface area contributed by atoms with Crippen molar-refractivity contribution in [2.75, 3.05) is 0 Å². The molecule has 0 saturated carbocycles. The van der Waals surface area contributed by atoms with Crippen LogP contribution in [0.5, 0.6) is 0 Å². The second kappa shape index (κ2) is 5.67. The highest BCUT2D eigenvalue weighted by Crippen LogP contribution is 2.32. The van der Waals surface area contributed by atoms with Crippen LogP contribution < -0.4 is 0 Å². The second-order valence-corrected chi connectivity index (χ2v) is 4.77. The SMILES string of the molecule is CCC(O)(Cc1ccccc1)c1ccc(F)c(F)c1F. The summed E-state index contributed by atoms with van der Waals surface area (Å²) in [5.41, 5.74) is -0.997. The van der Waals surface area contributed by atoms with E-state index in [4.69, 9.17) is 0 Å². The minimum absolute atomic E-state index is 0.131. The van der Waals surface area contributed by atoms with Crippen molar-refractivity contribution >= 4 is 0 Å². The van der Waals surface area contributed by atoms with Gasteiger partial charge >= 0.3 is 0 Å². The molecule has 4 heteroatoms. The van der Waals surface area contributed by atoms with E-state index < -0.39 is 23.1 Å². The molecule has 2 rings (SSSR count). The summed E-state index contributed by atoms with van der Waals surface area (Å²) in [6.45, 7) is 1.67. The van der Waals surface area contributed by atoms with Crippen molar-refractivity contribution in [3.63, 3.8) is 0 Å². The summed E-state index contributed by atoms with van der Waals surface area (Å²) in [5.74, 6) is -4.14. The summed E-state index contributed by atoms with van der Waals surface area (Å²) in [6.07, 6.45) is 0.316. The third-order valence-electron chi connectivity index (χ3n) is 3.46. The van der Waals surface area contributed by atoms with Gasteiger partial charge in [-0.1, -0.05) is 43.3 Å². The highest BCUT2D eigenvalue weighted by Gasteiger charge is 2.32. The van der Waals surface area contributed by atoms with Crippen LogP contribution in [-0.4, -0.2) is 5.11 Å². The van der Waals surface area contributed by atoms with Crippen LogP contribution in [0.25, 0.3) is 0 Å². The van der Waals surface area contributed by atoms with Crippen molar-refractivity contribution in [3.8, 4) is 0 Å². The van der Waals surface area contributed by atoms with Gasteiger partial charge in [0.1, 0.15) is 0 Å². The molecule has 1 unspecified atom stereocenters. The smallest absolute Gasteiger partial charge is 0.194 e. The van der Waals surface area contributed by atoms with Crippen LogP contribution >= 0.6 is 0 Å². The molecule has 0 spiro atoms. The van der Waals surface area contributed by atoms with Gasteiger partial charge in [0, 0.05) is 12.0 Å². The average Bonchev–Trinajstić information content (AvgIpc) is 2.45. The van der Waals surface area contributed by atoms with E-state index in [1.807, 2.05) is 6.07 Å². The van der Waals surface area contributed by atoms with Crippen LogP contribution in [0.1, 0.15) is 24.5 Å². The van der Waals surface area contributed by atoms with Crippen molar-refractivity contribution < 1.29 is 18.3 Å². The maximum absolute atomic E-state index is 13.9. The summed E-state index contributed by atoms with van der Waals surface area (Å²) in [5, 5.41) is 10.6. The minimum atomic E-state index is -1.57. The zero-order chi connectivity index (χ0) is 14.8. The molecule has 1 N–H and O–H groups in total. The van der Waals surface area contributed by atoms with E-state index in [-0.39, 0.29) is 18.4 Å². The average molecular weight is 280 g/mol. The fourth-order valence-electron chi connectivity index (χ4n) is 2.23. The molecule has 20 heavy (non-hydrogen) atoms. The Morgan fingerprint density at radius 1 is 0.950 bits per heavy atom. The van der Waals surface area contributed by atoms with Crippen molar-refractivity contribution in [2.24, 2.45) is 0 Å².